The second-order valence-corrected chi connectivity index (χ2v) is 4.31. The molecule has 1 atom stereocenters. The lowest BCUT2D eigenvalue weighted by atomic mass is 10.2. The third-order valence-corrected chi connectivity index (χ3v) is 3.08. The summed E-state index contributed by atoms with van der Waals surface area (Å²) < 4.78 is 0. The molecular formula is C12H20N4O. The fraction of sp³-hybridized carbons (Fsp3) is 0.333. The Balaban J connectivity index is 0.00000120. The zero-order valence-corrected chi connectivity index (χ0v) is 9.36. The van der Waals surface area contributed by atoms with Crippen LogP contribution in [0.4, 0.5) is 5.69 Å². The largest absolute Gasteiger partial charge is 0.325 e. The molecule has 0 radical (unpaired) electrons. The van der Waals surface area contributed by atoms with Gasteiger partial charge < -0.3 is 10.6 Å². The number of hydrogen-bond acceptors (Lipinski definition) is 3. The molecule has 1 aromatic heterocycles. The minimum Gasteiger partial charge on any atom is -0.325 e. The molecule has 1 saturated heterocycles. The minimum atomic E-state index is -0.0463. The predicted molar refractivity (Wildman–Crippen MR) is 72.1 cm³/mol. The smallest absolute Gasteiger partial charge is 0.241 e. The number of anilines is 1. The van der Waals surface area contributed by atoms with E-state index >= 15 is 0 Å². The van der Waals surface area contributed by atoms with Crippen molar-refractivity contribution in [1.82, 2.24) is 15.5 Å². The van der Waals surface area contributed by atoms with Crippen LogP contribution in [-0.4, -0.2) is 28.7 Å². The molecule has 1 unspecified atom stereocenters. The van der Waals surface area contributed by atoms with Crippen LogP contribution in [0.5, 0.6) is 0 Å². The number of nitrogens with zero attached hydrogens (tertiary/aromatic N) is 1. The number of nitrogens with one attached hydrogen (secondary N) is 3. The van der Waals surface area contributed by atoms with E-state index in [1.807, 2.05) is 18.2 Å². The summed E-state index contributed by atoms with van der Waals surface area (Å²) in [6.07, 6.45) is 3.73. The molecule has 1 aliphatic heterocycles. The lowest BCUT2D eigenvalue weighted by Gasteiger charge is -2.10. The quantitative estimate of drug-likeness (QED) is 0.747. The first-order chi connectivity index (χ1) is 8.33. The monoisotopic (exact) mass is 236 g/mol. The van der Waals surface area contributed by atoms with Gasteiger partial charge in [-0.15, -0.1) is 0 Å². The van der Waals surface area contributed by atoms with Gasteiger partial charge in [0.05, 0.1) is 17.8 Å². The summed E-state index contributed by atoms with van der Waals surface area (Å²) >= 11 is 0. The number of H-pyrrole nitrogens is 1. The molecule has 1 aromatic carbocycles. The van der Waals surface area contributed by atoms with Crippen LogP contribution in [0.2, 0.25) is 0 Å². The van der Waals surface area contributed by atoms with Crippen molar-refractivity contribution in [3.05, 3.63) is 24.4 Å². The number of carbonyl (C=O) groups excluding carboxylic acids is 1. The van der Waals surface area contributed by atoms with E-state index < -0.39 is 0 Å². The molecule has 1 aliphatic rings. The molecule has 0 saturated carbocycles. The van der Waals surface area contributed by atoms with Crippen molar-refractivity contribution < 1.29 is 9.07 Å². The summed E-state index contributed by atoms with van der Waals surface area (Å²) in [4.78, 5) is 11.9. The molecule has 1 fully saturated rings. The van der Waals surface area contributed by atoms with E-state index in [1.165, 1.54) is 0 Å². The molecule has 5 nitrogen and oxygen atoms in total. The zero-order valence-electron chi connectivity index (χ0n) is 9.36. The molecule has 2 heterocycles. The summed E-state index contributed by atoms with van der Waals surface area (Å²) in [5.74, 6) is 0.0466. The highest BCUT2D eigenvalue weighted by atomic mass is 16.2. The van der Waals surface area contributed by atoms with Crippen molar-refractivity contribution in [3.8, 4) is 0 Å². The van der Waals surface area contributed by atoms with Gasteiger partial charge in [-0.3, -0.25) is 9.89 Å². The number of benzene rings is 1. The lowest BCUT2D eigenvalue weighted by molar-refractivity contribution is -0.117. The maximum Gasteiger partial charge on any atom is 0.241 e. The Kier molecular flexibility index (Phi) is 2.53. The number of fused-ring (bicyclic) bond motifs is 1. The van der Waals surface area contributed by atoms with Crippen LogP contribution in [0, 0.1) is 0 Å². The minimum absolute atomic E-state index is 0. The fourth-order valence-electron chi connectivity index (χ4n) is 2.16. The highest BCUT2D eigenvalue weighted by Crippen LogP contribution is 2.17. The summed E-state index contributed by atoms with van der Waals surface area (Å²) in [5.41, 5.74) is 1.79. The van der Waals surface area contributed by atoms with E-state index in [0.717, 1.165) is 36.0 Å². The van der Waals surface area contributed by atoms with Crippen LogP contribution < -0.4 is 10.6 Å². The summed E-state index contributed by atoms with van der Waals surface area (Å²) in [7, 11) is 0. The molecule has 0 spiro atoms. The van der Waals surface area contributed by atoms with Crippen molar-refractivity contribution in [2.24, 2.45) is 0 Å². The molecule has 3 N–H and O–H groups in total. The van der Waals surface area contributed by atoms with Crippen molar-refractivity contribution in [2.75, 3.05) is 11.9 Å². The predicted octanol–water partition coefficient (Wildman–Crippen LogP) is 1.99. The second-order valence-electron chi connectivity index (χ2n) is 4.31. The first kappa shape index (κ1) is 10.3. The Morgan fingerprint density at radius 2 is 2.47 bits per heavy atom. The van der Waals surface area contributed by atoms with Crippen LogP contribution >= 0.6 is 0 Å². The second kappa shape index (κ2) is 4.18. The summed E-state index contributed by atoms with van der Waals surface area (Å²) in [5, 5.41) is 13.9. The van der Waals surface area contributed by atoms with E-state index in [9.17, 15) is 4.79 Å². The van der Waals surface area contributed by atoms with Crippen molar-refractivity contribution in [3.63, 3.8) is 0 Å². The van der Waals surface area contributed by atoms with Crippen LogP contribution in [0.25, 0.3) is 10.9 Å². The number of amides is 1. The topological polar surface area (TPSA) is 69.8 Å². The van der Waals surface area contributed by atoms with Gasteiger partial charge in [0.2, 0.25) is 5.91 Å². The van der Waals surface area contributed by atoms with Gasteiger partial charge in [0.25, 0.3) is 0 Å². The number of hydrogen-bond donors (Lipinski definition) is 3. The molecule has 3 rings (SSSR count). The maximum absolute atomic E-state index is 11.9. The van der Waals surface area contributed by atoms with Crippen molar-refractivity contribution in [2.45, 2.75) is 18.9 Å². The van der Waals surface area contributed by atoms with Gasteiger partial charge in [0.15, 0.2) is 0 Å². The molecular weight excluding hydrogens is 216 g/mol. The molecule has 0 aliphatic carbocycles. The zero-order chi connectivity index (χ0) is 11.7. The Morgan fingerprint density at radius 1 is 1.53 bits per heavy atom. The van der Waals surface area contributed by atoms with Crippen LogP contribution in [0.15, 0.2) is 24.4 Å². The van der Waals surface area contributed by atoms with Crippen LogP contribution in [0.1, 0.15) is 17.1 Å². The van der Waals surface area contributed by atoms with Gasteiger partial charge >= 0.3 is 0 Å². The van der Waals surface area contributed by atoms with E-state index in [1.54, 1.807) is 6.20 Å². The van der Waals surface area contributed by atoms with E-state index in [0.29, 0.717) is 0 Å². The first-order valence-electron chi connectivity index (χ1n) is 5.80. The number of carbonyl (C=O) groups is 1. The van der Waals surface area contributed by atoms with E-state index in [2.05, 4.69) is 20.8 Å². The maximum atomic E-state index is 11.9. The average molecular weight is 236 g/mol. The summed E-state index contributed by atoms with van der Waals surface area (Å²) in [6, 6.07) is 5.68. The molecule has 94 valence electrons. The van der Waals surface area contributed by atoms with Gasteiger partial charge in [-0.25, -0.2) is 0 Å². The molecule has 5 heteroatoms. The number of aromatic amines is 1. The fourth-order valence-corrected chi connectivity index (χ4v) is 2.16. The Hall–Kier alpha value is -1.88. The molecule has 17 heavy (non-hydrogen) atoms. The third-order valence-electron chi connectivity index (χ3n) is 3.08. The van der Waals surface area contributed by atoms with Gasteiger partial charge in [-0.05, 0) is 37.6 Å². The van der Waals surface area contributed by atoms with Crippen LogP contribution in [0.3, 0.4) is 0 Å². The van der Waals surface area contributed by atoms with Gasteiger partial charge in [-0.2, -0.15) is 5.10 Å². The number of rotatable bonds is 2. The highest BCUT2D eigenvalue weighted by Gasteiger charge is 2.21. The third kappa shape index (κ3) is 2.01. The molecule has 1 amide bonds. The van der Waals surface area contributed by atoms with E-state index in [-0.39, 0.29) is 16.2 Å². The molecule has 2 aromatic rings. The lowest BCUT2D eigenvalue weighted by Crippen LogP contribution is -2.35. The number of aromatic nitrogens is 2. The van der Waals surface area contributed by atoms with Gasteiger partial charge in [0, 0.05) is 15.4 Å². The normalized spacial score (nSPS) is 19.6. The van der Waals surface area contributed by atoms with Crippen molar-refractivity contribution in [1.29, 1.82) is 0 Å². The molecule has 0 bridgehead atoms. The van der Waals surface area contributed by atoms with Crippen LogP contribution in [-0.2, 0) is 4.79 Å². The van der Waals surface area contributed by atoms with E-state index in [4.69, 9.17) is 0 Å². The Bertz CT molecular complexity index is 554. The summed E-state index contributed by atoms with van der Waals surface area (Å²) in [6.45, 7) is 0.929. The Labute approximate surface area is 103 Å². The van der Waals surface area contributed by atoms with Gasteiger partial charge in [-0.1, -0.05) is 0 Å². The Morgan fingerprint density at radius 3 is 3.29 bits per heavy atom. The SMILES string of the molecule is O=C(Nc1ccc2[nH]ncc2c1)C1CCCN1.[HH].[HH].[HH]. The van der Waals surface area contributed by atoms with Crippen molar-refractivity contribution >= 4 is 22.5 Å². The highest BCUT2D eigenvalue weighted by molar-refractivity contribution is 5.96. The standard InChI is InChI=1S/C12H14N4O.3H2/c17-12(11-2-1-5-13-11)15-9-3-4-10-8(6-9)7-14-16-10;;;/h3-4,6-7,11,13H,1-2,5H2,(H,14,16)(H,15,17);3*1H. The first-order valence-corrected chi connectivity index (χ1v) is 5.80. The van der Waals surface area contributed by atoms with Gasteiger partial charge in [0.1, 0.15) is 0 Å². The average Bonchev–Trinajstić information content (AvgIpc) is 2.99.